The highest BCUT2D eigenvalue weighted by molar-refractivity contribution is 7.18. The molecule has 5 nitrogen and oxygen atoms in total. The zero-order valence-electron chi connectivity index (χ0n) is 10.5. The smallest absolute Gasteiger partial charge is 0.305 e. The third kappa shape index (κ3) is 2.76. The number of carboxylic acid groups (broad SMARTS) is 1. The molecule has 0 aromatic carbocycles. The van der Waals surface area contributed by atoms with E-state index >= 15 is 0 Å². The number of aromatic nitrogens is 2. The van der Waals surface area contributed by atoms with E-state index in [9.17, 15) is 4.79 Å². The number of carboxylic acids is 1. The van der Waals surface area contributed by atoms with Crippen LogP contribution in [-0.4, -0.2) is 26.6 Å². The molecule has 0 atom stereocenters. The standard InChI is InChI=1S/C12H15N3O2S/c1-7-4-8-10(13-6-14-11(8)18-7)15-12(2,3)5-9(16)17/h4,6H,5H2,1-3H3,(H,16,17)(H,13,14,15). The average Bonchev–Trinajstić information content (AvgIpc) is 2.56. The Morgan fingerprint density at radius 1 is 1.50 bits per heavy atom. The van der Waals surface area contributed by atoms with Crippen LogP contribution in [0.5, 0.6) is 0 Å². The molecule has 0 aliphatic heterocycles. The SMILES string of the molecule is Cc1cc2c(NC(C)(C)CC(=O)O)ncnc2s1. The molecule has 0 radical (unpaired) electrons. The largest absolute Gasteiger partial charge is 0.481 e. The summed E-state index contributed by atoms with van der Waals surface area (Å²) in [5, 5.41) is 13.0. The van der Waals surface area contributed by atoms with Gasteiger partial charge in [-0.25, -0.2) is 9.97 Å². The molecule has 0 fully saturated rings. The molecule has 0 aliphatic carbocycles. The van der Waals surface area contributed by atoms with Gasteiger partial charge in [0, 0.05) is 10.4 Å². The molecule has 0 amide bonds. The third-order valence-electron chi connectivity index (χ3n) is 2.50. The van der Waals surface area contributed by atoms with E-state index < -0.39 is 11.5 Å². The third-order valence-corrected chi connectivity index (χ3v) is 3.46. The van der Waals surface area contributed by atoms with E-state index in [4.69, 9.17) is 5.11 Å². The van der Waals surface area contributed by atoms with Crippen LogP contribution in [-0.2, 0) is 4.79 Å². The second kappa shape index (κ2) is 4.53. The monoisotopic (exact) mass is 265 g/mol. The normalized spacial score (nSPS) is 11.7. The molecule has 0 saturated heterocycles. The molecule has 2 heterocycles. The zero-order chi connectivity index (χ0) is 13.3. The summed E-state index contributed by atoms with van der Waals surface area (Å²) in [7, 11) is 0. The van der Waals surface area contributed by atoms with E-state index in [0.717, 1.165) is 15.1 Å². The van der Waals surface area contributed by atoms with Crippen LogP contribution in [0.1, 0.15) is 25.1 Å². The summed E-state index contributed by atoms with van der Waals surface area (Å²) in [6.07, 6.45) is 1.53. The highest BCUT2D eigenvalue weighted by Gasteiger charge is 2.23. The summed E-state index contributed by atoms with van der Waals surface area (Å²) < 4.78 is 0. The van der Waals surface area contributed by atoms with Crippen LogP contribution in [0.2, 0.25) is 0 Å². The Labute approximate surface area is 109 Å². The van der Waals surface area contributed by atoms with Crippen LogP contribution < -0.4 is 5.32 Å². The molecular formula is C12H15N3O2S. The highest BCUT2D eigenvalue weighted by atomic mass is 32.1. The predicted molar refractivity (Wildman–Crippen MR) is 72.1 cm³/mol. The van der Waals surface area contributed by atoms with E-state index in [1.165, 1.54) is 6.33 Å². The molecule has 0 aliphatic rings. The maximum absolute atomic E-state index is 10.8. The summed E-state index contributed by atoms with van der Waals surface area (Å²) in [6.45, 7) is 5.70. The zero-order valence-corrected chi connectivity index (χ0v) is 11.3. The number of aryl methyl sites for hydroxylation is 1. The molecule has 2 aromatic rings. The van der Waals surface area contributed by atoms with Gasteiger partial charge in [-0.2, -0.15) is 0 Å². The van der Waals surface area contributed by atoms with E-state index in [1.54, 1.807) is 11.3 Å². The number of rotatable bonds is 4. The number of carbonyl (C=O) groups is 1. The van der Waals surface area contributed by atoms with Crippen LogP contribution in [0, 0.1) is 6.92 Å². The summed E-state index contributed by atoms with van der Waals surface area (Å²) in [6, 6.07) is 2.01. The van der Waals surface area contributed by atoms with Gasteiger partial charge in [0.2, 0.25) is 0 Å². The first kappa shape index (κ1) is 12.8. The Bertz CT molecular complexity index is 592. The van der Waals surface area contributed by atoms with Gasteiger partial charge < -0.3 is 10.4 Å². The van der Waals surface area contributed by atoms with Crippen LogP contribution in [0.15, 0.2) is 12.4 Å². The fourth-order valence-corrected chi connectivity index (χ4v) is 2.67. The quantitative estimate of drug-likeness (QED) is 0.889. The van der Waals surface area contributed by atoms with Gasteiger partial charge in [-0.3, -0.25) is 4.79 Å². The predicted octanol–water partition coefficient (Wildman–Crippen LogP) is 2.66. The van der Waals surface area contributed by atoms with Gasteiger partial charge in [0.15, 0.2) is 0 Å². The Morgan fingerprint density at radius 2 is 2.22 bits per heavy atom. The number of hydrogen-bond acceptors (Lipinski definition) is 5. The van der Waals surface area contributed by atoms with Crippen molar-refractivity contribution in [3.63, 3.8) is 0 Å². The van der Waals surface area contributed by atoms with Gasteiger partial charge in [0.25, 0.3) is 0 Å². The molecule has 0 unspecified atom stereocenters. The van der Waals surface area contributed by atoms with E-state index in [0.29, 0.717) is 5.82 Å². The number of fused-ring (bicyclic) bond motifs is 1. The molecule has 18 heavy (non-hydrogen) atoms. The number of aliphatic carboxylic acids is 1. The Morgan fingerprint density at radius 3 is 2.89 bits per heavy atom. The number of thiophene rings is 1. The molecular weight excluding hydrogens is 250 g/mol. The number of nitrogens with one attached hydrogen (secondary N) is 1. The maximum atomic E-state index is 10.8. The minimum absolute atomic E-state index is 0.0294. The van der Waals surface area contributed by atoms with Crippen molar-refractivity contribution in [3.05, 3.63) is 17.3 Å². The van der Waals surface area contributed by atoms with Crippen LogP contribution in [0.4, 0.5) is 5.82 Å². The van der Waals surface area contributed by atoms with Crippen molar-refractivity contribution in [2.45, 2.75) is 32.7 Å². The molecule has 0 saturated carbocycles. The second-order valence-electron chi connectivity index (χ2n) is 4.88. The lowest BCUT2D eigenvalue weighted by molar-refractivity contribution is -0.137. The summed E-state index contributed by atoms with van der Waals surface area (Å²) >= 11 is 1.60. The Balaban J connectivity index is 2.34. The van der Waals surface area contributed by atoms with Crippen molar-refractivity contribution in [2.24, 2.45) is 0 Å². The molecule has 6 heteroatoms. The second-order valence-corrected chi connectivity index (χ2v) is 6.11. The van der Waals surface area contributed by atoms with Gasteiger partial charge in [-0.05, 0) is 26.8 Å². The van der Waals surface area contributed by atoms with Gasteiger partial charge in [-0.15, -0.1) is 11.3 Å². The van der Waals surface area contributed by atoms with Crippen molar-refractivity contribution in [1.82, 2.24) is 9.97 Å². The van der Waals surface area contributed by atoms with Gasteiger partial charge in [-0.1, -0.05) is 0 Å². The summed E-state index contributed by atoms with van der Waals surface area (Å²) in [5.74, 6) is -0.144. The van der Waals surface area contributed by atoms with E-state index in [1.807, 2.05) is 26.8 Å². The van der Waals surface area contributed by atoms with E-state index in [2.05, 4.69) is 15.3 Å². The van der Waals surface area contributed by atoms with Gasteiger partial charge in [0.05, 0.1) is 11.8 Å². The number of anilines is 1. The first-order valence-corrected chi connectivity index (χ1v) is 6.40. The van der Waals surface area contributed by atoms with Crippen molar-refractivity contribution >= 4 is 33.3 Å². The minimum Gasteiger partial charge on any atom is -0.481 e. The topological polar surface area (TPSA) is 75.1 Å². The summed E-state index contributed by atoms with van der Waals surface area (Å²) in [5.41, 5.74) is -0.553. The van der Waals surface area contributed by atoms with Crippen molar-refractivity contribution < 1.29 is 9.90 Å². The number of nitrogens with zero attached hydrogens (tertiary/aromatic N) is 2. The molecule has 2 aromatic heterocycles. The van der Waals surface area contributed by atoms with Crippen LogP contribution in [0.25, 0.3) is 10.2 Å². The molecule has 2 rings (SSSR count). The fourth-order valence-electron chi connectivity index (χ4n) is 1.82. The first-order chi connectivity index (χ1) is 8.37. The lowest BCUT2D eigenvalue weighted by Gasteiger charge is -2.25. The molecule has 0 bridgehead atoms. The Kier molecular flexibility index (Phi) is 3.21. The van der Waals surface area contributed by atoms with Crippen molar-refractivity contribution in [1.29, 1.82) is 0 Å². The molecule has 96 valence electrons. The van der Waals surface area contributed by atoms with E-state index in [-0.39, 0.29) is 6.42 Å². The van der Waals surface area contributed by atoms with Gasteiger partial charge >= 0.3 is 5.97 Å². The summed E-state index contributed by atoms with van der Waals surface area (Å²) in [4.78, 5) is 21.3. The van der Waals surface area contributed by atoms with Crippen molar-refractivity contribution in [2.75, 3.05) is 5.32 Å². The Hall–Kier alpha value is -1.69. The van der Waals surface area contributed by atoms with Crippen molar-refractivity contribution in [3.8, 4) is 0 Å². The lowest BCUT2D eigenvalue weighted by atomic mass is 10.0. The van der Waals surface area contributed by atoms with Crippen LogP contribution in [0.3, 0.4) is 0 Å². The molecule has 2 N–H and O–H groups in total. The lowest BCUT2D eigenvalue weighted by Crippen LogP contribution is -2.34. The van der Waals surface area contributed by atoms with Gasteiger partial charge in [0.1, 0.15) is 17.0 Å². The highest BCUT2D eigenvalue weighted by Crippen LogP contribution is 2.29. The minimum atomic E-state index is -0.834. The fraction of sp³-hybridized carbons (Fsp3) is 0.417. The molecule has 0 spiro atoms. The maximum Gasteiger partial charge on any atom is 0.305 e. The number of hydrogen-bond donors (Lipinski definition) is 2. The average molecular weight is 265 g/mol. The van der Waals surface area contributed by atoms with Crippen LogP contribution >= 0.6 is 11.3 Å². The first-order valence-electron chi connectivity index (χ1n) is 5.58.